The molecule has 2 amide bonds. The number of hydrogen-bond acceptors (Lipinski definition) is 4. The van der Waals surface area contributed by atoms with Crippen molar-refractivity contribution in [2.45, 2.75) is 32.4 Å². The van der Waals surface area contributed by atoms with Crippen molar-refractivity contribution in [1.82, 2.24) is 10.2 Å². The van der Waals surface area contributed by atoms with Crippen LogP contribution < -0.4 is 9.62 Å². The first kappa shape index (κ1) is 29.5. The number of halogens is 2. The highest BCUT2D eigenvalue weighted by molar-refractivity contribution is 7.92. The SMILES string of the molecule is CCCNC(=O)[C@H](Cc1ccccc1)N(Cc1ccc(Cl)cc1)C(=O)CN(c1cccc(Cl)c1)S(C)(=O)=O. The first-order valence-corrected chi connectivity index (χ1v) is 14.8. The second-order valence-corrected chi connectivity index (χ2v) is 11.7. The lowest BCUT2D eigenvalue weighted by Gasteiger charge is -2.33. The molecule has 1 N–H and O–H groups in total. The van der Waals surface area contributed by atoms with Crippen LogP contribution in [0.15, 0.2) is 78.9 Å². The summed E-state index contributed by atoms with van der Waals surface area (Å²) >= 11 is 12.2. The largest absolute Gasteiger partial charge is 0.354 e. The van der Waals surface area contributed by atoms with Crippen molar-refractivity contribution >= 4 is 50.7 Å². The van der Waals surface area contributed by atoms with E-state index >= 15 is 0 Å². The van der Waals surface area contributed by atoms with Crippen LogP contribution in [0, 0.1) is 0 Å². The summed E-state index contributed by atoms with van der Waals surface area (Å²) in [5.74, 6) is -0.843. The molecule has 0 unspecified atom stereocenters. The average molecular weight is 577 g/mol. The summed E-state index contributed by atoms with van der Waals surface area (Å²) in [5, 5.41) is 3.78. The molecule has 38 heavy (non-hydrogen) atoms. The van der Waals surface area contributed by atoms with E-state index in [9.17, 15) is 18.0 Å². The van der Waals surface area contributed by atoms with Crippen LogP contribution in [-0.2, 0) is 32.6 Å². The number of amides is 2. The van der Waals surface area contributed by atoms with Crippen LogP contribution in [0.3, 0.4) is 0 Å². The fraction of sp³-hybridized carbons (Fsp3) is 0.286. The van der Waals surface area contributed by atoms with Gasteiger partial charge in [-0.25, -0.2) is 8.42 Å². The number of benzene rings is 3. The van der Waals surface area contributed by atoms with Crippen LogP contribution in [-0.4, -0.2) is 50.5 Å². The van der Waals surface area contributed by atoms with Gasteiger partial charge < -0.3 is 10.2 Å². The van der Waals surface area contributed by atoms with Crippen LogP contribution in [0.1, 0.15) is 24.5 Å². The van der Waals surface area contributed by atoms with E-state index in [4.69, 9.17) is 23.2 Å². The summed E-state index contributed by atoms with van der Waals surface area (Å²) in [4.78, 5) is 28.8. The number of rotatable bonds is 12. The van der Waals surface area contributed by atoms with Crippen LogP contribution in [0.4, 0.5) is 5.69 Å². The predicted molar refractivity (Wildman–Crippen MR) is 153 cm³/mol. The molecule has 0 saturated heterocycles. The fourth-order valence-electron chi connectivity index (χ4n) is 3.95. The van der Waals surface area contributed by atoms with E-state index < -0.39 is 28.5 Å². The molecule has 0 fully saturated rings. The van der Waals surface area contributed by atoms with E-state index in [0.717, 1.165) is 28.1 Å². The predicted octanol–water partition coefficient (Wildman–Crippen LogP) is 4.93. The number of sulfonamides is 1. The zero-order valence-corrected chi connectivity index (χ0v) is 23.6. The molecule has 0 saturated carbocycles. The molecule has 0 heterocycles. The molecule has 3 rings (SSSR count). The zero-order chi connectivity index (χ0) is 27.7. The zero-order valence-electron chi connectivity index (χ0n) is 21.3. The highest BCUT2D eigenvalue weighted by Gasteiger charge is 2.33. The maximum absolute atomic E-state index is 13.9. The van der Waals surface area contributed by atoms with Crippen molar-refractivity contribution in [2.75, 3.05) is 23.7 Å². The Morgan fingerprint density at radius 3 is 2.18 bits per heavy atom. The number of nitrogens with zero attached hydrogens (tertiary/aromatic N) is 2. The minimum atomic E-state index is -3.85. The molecule has 0 spiro atoms. The van der Waals surface area contributed by atoms with Gasteiger partial charge in [0.2, 0.25) is 21.8 Å². The Morgan fingerprint density at radius 2 is 1.58 bits per heavy atom. The molecular weight excluding hydrogens is 545 g/mol. The second kappa shape index (κ2) is 13.6. The summed E-state index contributed by atoms with van der Waals surface area (Å²) in [6.45, 7) is 1.97. The van der Waals surface area contributed by atoms with E-state index in [1.165, 1.54) is 11.0 Å². The molecule has 0 bridgehead atoms. The van der Waals surface area contributed by atoms with Crippen LogP contribution in [0.25, 0.3) is 0 Å². The van der Waals surface area contributed by atoms with Gasteiger partial charge in [-0.2, -0.15) is 0 Å². The van der Waals surface area contributed by atoms with Crippen molar-refractivity contribution in [3.63, 3.8) is 0 Å². The number of carbonyl (C=O) groups excluding carboxylic acids is 2. The lowest BCUT2D eigenvalue weighted by molar-refractivity contribution is -0.140. The van der Waals surface area contributed by atoms with Crippen molar-refractivity contribution < 1.29 is 18.0 Å². The van der Waals surface area contributed by atoms with E-state index in [-0.39, 0.29) is 24.6 Å². The fourth-order valence-corrected chi connectivity index (χ4v) is 5.10. The average Bonchev–Trinajstić information content (AvgIpc) is 2.88. The van der Waals surface area contributed by atoms with E-state index in [2.05, 4.69) is 5.32 Å². The molecule has 3 aromatic carbocycles. The standard InChI is InChI=1S/C28H31Cl2N3O4S/c1-3-16-31-28(35)26(17-21-8-5-4-6-9-21)32(19-22-12-14-23(29)15-13-22)27(34)20-33(38(2,36)37)25-11-7-10-24(30)18-25/h4-15,18,26H,3,16-17,19-20H2,1-2H3,(H,31,35)/t26-/m0/s1. The third-order valence-electron chi connectivity index (χ3n) is 5.86. The molecule has 0 aromatic heterocycles. The van der Waals surface area contributed by atoms with Gasteiger partial charge in [-0.15, -0.1) is 0 Å². The second-order valence-electron chi connectivity index (χ2n) is 8.89. The lowest BCUT2D eigenvalue weighted by atomic mass is 10.0. The Labute approximate surface area is 234 Å². The number of nitrogens with one attached hydrogen (secondary N) is 1. The Bertz CT molecular complexity index is 1340. The van der Waals surface area contributed by atoms with Crippen LogP contribution in [0.2, 0.25) is 10.0 Å². The molecule has 202 valence electrons. The van der Waals surface area contributed by atoms with Gasteiger partial charge >= 0.3 is 0 Å². The van der Waals surface area contributed by atoms with E-state index in [1.54, 1.807) is 42.5 Å². The minimum absolute atomic E-state index is 0.0835. The van der Waals surface area contributed by atoms with Crippen LogP contribution >= 0.6 is 23.2 Å². The van der Waals surface area contributed by atoms with Gasteiger partial charge in [-0.05, 0) is 47.9 Å². The molecule has 7 nitrogen and oxygen atoms in total. The highest BCUT2D eigenvalue weighted by Crippen LogP contribution is 2.23. The summed E-state index contributed by atoms with van der Waals surface area (Å²) in [6.07, 6.45) is 2.01. The number of hydrogen-bond donors (Lipinski definition) is 1. The third kappa shape index (κ3) is 8.48. The lowest BCUT2D eigenvalue weighted by Crippen LogP contribution is -2.53. The van der Waals surface area contributed by atoms with Gasteiger partial charge in [0.05, 0.1) is 11.9 Å². The smallest absolute Gasteiger partial charge is 0.244 e. The number of anilines is 1. The van der Waals surface area contributed by atoms with Gasteiger partial charge in [0, 0.05) is 29.6 Å². The minimum Gasteiger partial charge on any atom is -0.354 e. The Morgan fingerprint density at radius 1 is 0.895 bits per heavy atom. The summed E-state index contributed by atoms with van der Waals surface area (Å²) in [5.41, 5.74) is 1.88. The maximum atomic E-state index is 13.9. The van der Waals surface area contributed by atoms with Gasteiger partial charge in [0.1, 0.15) is 12.6 Å². The quantitative estimate of drug-likeness (QED) is 0.332. The monoisotopic (exact) mass is 575 g/mol. The molecule has 3 aromatic rings. The molecule has 0 aliphatic rings. The molecule has 0 radical (unpaired) electrons. The third-order valence-corrected chi connectivity index (χ3v) is 7.49. The normalized spacial score (nSPS) is 12.0. The van der Waals surface area contributed by atoms with E-state index in [1.807, 2.05) is 37.3 Å². The molecular formula is C28H31Cl2N3O4S. The Kier molecular flexibility index (Phi) is 10.6. The van der Waals surface area contributed by atoms with Gasteiger partial charge in [-0.3, -0.25) is 13.9 Å². The number of carbonyl (C=O) groups is 2. The summed E-state index contributed by atoms with van der Waals surface area (Å²) < 4.78 is 26.5. The Balaban J connectivity index is 2.03. The van der Waals surface area contributed by atoms with Gasteiger partial charge in [0.15, 0.2) is 0 Å². The summed E-state index contributed by atoms with van der Waals surface area (Å²) in [6, 6.07) is 21.8. The van der Waals surface area contributed by atoms with Crippen LogP contribution in [0.5, 0.6) is 0 Å². The van der Waals surface area contributed by atoms with Crippen molar-refractivity contribution in [3.8, 4) is 0 Å². The van der Waals surface area contributed by atoms with E-state index in [0.29, 0.717) is 16.6 Å². The Hall–Kier alpha value is -3.07. The maximum Gasteiger partial charge on any atom is 0.244 e. The van der Waals surface area contributed by atoms with Gasteiger partial charge in [-0.1, -0.05) is 78.7 Å². The molecule has 0 aliphatic heterocycles. The van der Waals surface area contributed by atoms with Gasteiger partial charge in [0.25, 0.3) is 0 Å². The highest BCUT2D eigenvalue weighted by atomic mass is 35.5. The first-order chi connectivity index (χ1) is 18.1. The van der Waals surface area contributed by atoms with Crippen molar-refractivity contribution in [1.29, 1.82) is 0 Å². The molecule has 1 atom stereocenters. The van der Waals surface area contributed by atoms with Crippen molar-refractivity contribution in [2.24, 2.45) is 0 Å². The molecule has 10 heteroatoms. The van der Waals surface area contributed by atoms with Crippen molar-refractivity contribution in [3.05, 3.63) is 100 Å². The first-order valence-electron chi connectivity index (χ1n) is 12.2. The summed E-state index contributed by atoms with van der Waals surface area (Å²) in [7, 11) is -3.85. The topological polar surface area (TPSA) is 86.8 Å². The molecule has 0 aliphatic carbocycles.